The molecule has 80 valence electrons. The van der Waals surface area contributed by atoms with Crippen molar-refractivity contribution in [1.29, 1.82) is 0 Å². The molecule has 0 atom stereocenters. The molecule has 1 aromatic carbocycles. The molecule has 1 aliphatic rings. The molecule has 1 heterocycles. The average Bonchev–Trinajstić information content (AvgIpc) is 2.50. The lowest BCUT2D eigenvalue weighted by Crippen LogP contribution is -2.25. The summed E-state index contributed by atoms with van der Waals surface area (Å²) < 4.78 is 5.97. The summed E-state index contributed by atoms with van der Waals surface area (Å²) in [7, 11) is 0. The van der Waals surface area contributed by atoms with Crippen molar-refractivity contribution in [2.24, 2.45) is 0 Å². The van der Waals surface area contributed by atoms with Gasteiger partial charge in [-0.2, -0.15) is 0 Å². The minimum Gasteiger partial charge on any atom is -0.447 e. The molecule has 0 bridgehead atoms. The molecule has 1 aliphatic heterocycles. The Morgan fingerprint density at radius 1 is 1.33 bits per heavy atom. The Bertz CT molecular complexity index is 394. The number of benzene rings is 1. The molecule has 3 nitrogen and oxygen atoms in total. The number of cyclic esters (lactones) is 1. The molecule has 0 spiro atoms. The molecule has 1 fully saturated rings. The summed E-state index contributed by atoms with van der Waals surface area (Å²) in [5.74, 6) is 0. The summed E-state index contributed by atoms with van der Waals surface area (Å²) in [6.45, 7) is 5.12. The first-order valence-electron chi connectivity index (χ1n) is 4.80. The van der Waals surface area contributed by atoms with Crippen LogP contribution >= 0.6 is 15.9 Å². The SMILES string of the molecule is Cc1cc(Br)cc(C)c1N1CCOC1=O. The number of hydrogen-bond acceptors (Lipinski definition) is 2. The summed E-state index contributed by atoms with van der Waals surface area (Å²) in [5.41, 5.74) is 3.14. The van der Waals surface area contributed by atoms with Crippen LogP contribution in [0.15, 0.2) is 16.6 Å². The van der Waals surface area contributed by atoms with Crippen molar-refractivity contribution in [2.75, 3.05) is 18.1 Å². The lowest BCUT2D eigenvalue weighted by molar-refractivity contribution is 0.181. The van der Waals surface area contributed by atoms with Gasteiger partial charge in [0.25, 0.3) is 0 Å². The number of ether oxygens (including phenoxy) is 1. The van der Waals surface area contributed by atoms with E-state index in [-0.39, 0.29) is 6.09 Å². The maximum Gasteiger partial charge on any atom is 0.414 e. The van der Waals surface area contributed by atoms with Crippen LogP contribution in [0, 0.1) is 13.8 Å². The number of aryl methyl sites for hydroxylation is 2. The van der Waals surface area contributed by atoms with Crippen LogP contribution in [0.2, 0.25) is 0 Å². The first-order chi connectivity index (χ1) is 7.09. The van der Waals surface area contributed by atoms with Crippen LogP contribution in [0.25, 0.3) is 0 Å². The summed E-state index contributed by atoms with van der Waals surface area (Å²) in [6, 6.07) is 4.02. The monoisotopic (exact) mass is 269 g/mol. The van der Waals surface area contributed by atoms with Gasteiger partial charge in [-0.1, -0.05) is 15.9 Å². The molecule has 1 aromatic rings. The number of amides is 1. The van der Waals surface area contributed by atoms with E-state index in [0.717, 1.165) is 21.3 Å². The Morgan fingerprint density at radius 2 is 1.93 bits per heavy atom. The quantitative estimate of drug-likeness (QED) is 0.785. The molecule has 2 rings (SSSR count). The van der Waals surface area contributed by atoms with E-state index in [2.05, 4.69) is 15.9 Å². The number of rotatable bonds is 1. The van der Waals surface area contributed by atoms with Crippen LogP contribution in [0.1, 0.15) is 11.1 Å². The summed E-state index contributed by atoms with van der Waals surface area (Å²) in [5, 5.41) is 0. The number of carbonyl (C=O) groups excluding carboxylic acids is 1. The van der Waals surface area contributed by atoms with E-state index >= 15 is 0 Å². The van der Waals surface area contributed by atoms with Crippen molar-refractivity contribution >= 4 is 27.7 Å². The Morgan fingerprint density at radius 3 is 2.40 bits per heavy atom. The van der Waals surface area contributed by atoms with Crippen molar-refractivity contribution in [2.45, 2.75) is 13.8 Å². The van der Waals surface area contributed by atoms with E-state index in [1.54, 1.807) is 4.90 Å². The molecule has 0 N–H and O–H groups in total. The van der Waals surface area contributed by atoms with Crippen molar-refractivity contribution < 1.29 is 9.53 Å². The Labute approximate surface area is 97.2 Å². The van der Waals surface area contributed by atoms with Gasteiger partial charge in [-0.15, -0.1) is 0 Å². The molecule has 4 heteroatoms. The van der Waals surface area contributed by atoms with Gasteiger partial charge in [0.05, 0.1) is 12.2 Å². The van der Waals surface area contributed by atoms with E-state index in [4.69, 9.17) is 4.74 Å². The second-order valence-corrected chi connectivity index (χ2v) is 4.57. The zero-order valence-corrected chi connectivity index (χ0v) is 10.3. The molecule has 0 radical (unpaired) electrons. The number of hydrogen-bond donors (Lipinski definition) is 0. The molecule has 0 aliphatic carbocycles. The second kappa shape index (κ2) is 3.85. The standard InChI is InChI=1S/C11H12BrNO2/c1-7-5-9(12)6-8(2)10(7)13-3-4-15-11(13)14/h5-6H,3-4H2,1-2H3. The fourth-order valence-electron chi connectivity index (χ4n) is 1.93. The molecule has 1 saturated heterocycles. The zero-order chi connectivity index (χ0) is 11.0. The highest BCUT2D eigenvalue weighted by Crippen LogP contribution is 2.30. The highest BCUT2D eigenvalue weighted by atomic mass is 79.9. The Balaban J connectivity index is 2.47. The lowest BCUT2D eigenvalue weighted by atomic mass is 10.1. The maximum atomic E-state index is 11.5. The molecule has 15 heavy (non-hydrogen) atoms. The van der Waals surface area contributed by atoms with Crippen LogP contribution in [0.4, 0.5) is 10.5 Å². The third-order valence-electron chi connectivity index (χ3n) is 2.49. The van der Waals surface area contributed by atoms with E-state index in [1.807, 2.05) is 26.0 Å². The molecule has 0 aromatic heterocycles. The zero-order valence-electron chi connectivity index (χ0n) is 8.71. The van der Waals surface area contributed by atoms with Crippen LogP contribution in [0.5, 0.6) is 0 Å². The predicted octanol–water partition coefficient (Wildman–Crippen LogP) is 3.02. The fraction of sp³-hybridized carbons (Fsp3) is 0.364. The predicted molar refractivity (Wildman–Crippen MR) is 62.3 cm³/mol. The van der Waals surface area contributed by atoms with E-state index in [0.29, 0.717) is 13.2 Å². The number of halogens is 1. The van der Waals surface area contributed by atoms with Gasteiger partial charge in [0.1, 0.15) is 6.61 Å². The number of nitrogens with zero attached hydrogens (tertiary/aromatic N) is 1. The van der Waals surface area contributed by atoms with Crippen LogP contribution in [-0.4, -0.2) is 19.2 Å². The topological polar surface area (TPSA) is 29.5 Å². The van der Waals surface area contributed by atoms with Gasteiger partial charge in [-0.3, -0.25) is 4.90 Å². The van der Waals surface area contributed by atoms with Crippen LogP contribution < -0.4 is 4.90 Å². The molecular weight excluding hydrogens is 258 g/mol. The van der Waals surface area contributed by atoms with Gasteiger partial charge in [0.15, 0.2) is 0 Å². The normalized spacial score (nSPS) is 15.7. The van der Waals surface area contributed by atoms with Crippen LogP contribution in [-0.2, 0) is 4.74 Å². The third kappa shape index (κ3) is 1.86. The first-order valence-corrected chi connectivity index (χ1v) is 5.60. The maximum absolute atomic E-state index is 11.5. The summed E-state index contributed by atoms with van der Waals surface area (Å²) in [4.78, 5) is 13.1. The third-order valence-corrected chi connectivity index (χ3v) is 2.94. The number of carbonyl (C=O) groups is 1. The minimum atomic E-state index is -0.247. The van der Waals surface area contributed by atoms with Gasteiger partial charge < -0.3 is 4.74 Å². The van der Waals surface area contributed by atoms with E-state index < -0.39 is 0 Å². The van der Waals surface area contributed by atoms with E-state index in [1.165, 1.54) is 0 Å². The second-order valence-electron chi connectivity index (χ2n) is 3.65. The van der Waals surface area contributed by atoms with Gasteiger partial charge in [0, 0.05) is 4.47 Å². The highest BCUT2D eigenvalue weighted by Gasteiger charge is 2.26. The van der Waals surface area contributed by atoms with Crippen LogP contribution in [0.3, 0.4) is 0 Å². The van der Waals surface area contributed by atoms with Crippen molar-refractivity contribution in [3.8, 4) is 0 Å². The molecular formula is C11H12BrNO2. The smallest absolute Gasteiger partial charge is 0.414 e. The molecule has 0 unspecified atom stereocenters. The average molecular weight is 270 g/mol. The van der Waals surface area contributed by atoms with Gasteiger partial charge in [0.2, 0.25) is 0 Å². The van der Waals surface area contributed by atoms with Gasteiger partial charge in [-0.25, -0.2) is 4.79 Å². The molecule has 0 saturated carbocycles. The Hall–Kier alpha value is -1.03. The summed E-state index contributed by atoms with van der Waals surface area (Å²) >= 11 is 3.44. The Kier molecular flexibility index (Phi) is 2.69. The molecule has 1 amide bonds. The minimum absolute atomic E-state index is 0.247. The van der Waals surface area contributed by atoms with Crippen molar-refractivity contribution in [1.82, 2.24) is 0 Å². The van der Waals surface area contributed by atoms with Crippen molar-refractivity contribution in [3.05, 3.63) is 27.7 Å². The largest absolute Gasteiger partial charge is 0.447 e. The lowest BCUT2D eigenvalue weighted by Gasteiger charge is -2.18. The van der Waals surface area contributed by atoms with E-state index in [9.17, 15) is 4.79 Å². The summed E-state index contributed by atoms with van der Waals surface area (Å²) in [6.07, 6.45) is -0.247. The first kappa shape index (κ1) is 10.5. The van der Waals surface area contributed by atoms with Crippen molar-refractivity contribution in [3.63, 3.8) is 0 Å². The van der Waals surface area contributed by atoms with Gasteiger partial charge in [-0.05, 0) is 37.1 Å². The number of anilines is 1. The highest BCUT2D eigenvalue weighted by molar-refractivity contribution is 9.10. The van der Waals surface area contributed by atoms with Gasteiger partial charge >= 0.3 is 6.09 Å². The fourth-order valence-corrected chi connectivity index (χ4v) is 2.61.